The molecule has 0 radical (unpaired) electrons. The smallest absolute Gasteiger partial charge is 0.238 e. The summed E-state index contributed by atoms with van der Waals surface area (Å²) in [6.45, 7) is 2.23. The Morgan fingerprint density at radius 2 is 2.22 bits per heavy atom. The molecule has 96 valence electrons. The van der Waals surface area contributed by atoms with Gasteiger partial charge in [-0.1, -0.05) is 43.0 Å². The normalized spacial score (nSPS) is 11.6. The number of benzene rings is 1. The molecule has 0 bridgehead atoms. The highest BCUT2D eigenvalue weighted by Gasteiger charge is 2.08. The molecule has 1 atom stereocenters. The van der Waals surface area contributed by atoms with Crippen LogP contribution >= 0.6 is 11.6 Å². The highest BCUT2D eigenvalue weighted by atomic mass is 35.5. The van der Waals surface area contributed by atoms with Gasteiger partial charge < -0.3 is 5.32 Å². The van der Waals surface area contributed by atoms with Gasteiger partial charge >= 0.3 is 0 Å². The van der Waals surface area contributed by atoms with E-state index in [1.54, 1.807) is 12.1 Å². The number of carbonyl (C=O) groups is 1. The number of terminal acetylenes is 1. The van der Waals surface area contributed by atoms with E-state index in [1.807, 2.05) is 12.1 Å². The molecular formula is C14H17ClN2O. The summed E-state index contributed by atoms with van der Waals surface area (Å²) in [5.41, 5.74) is 0.610. The molecule has 0 aliphatic carbocycles. The van der Waals surface area contributed by atoms with Crippen molar-refractivity contribution in [3.05, 3.63) is 29.3 Å². The molecule has 0 aromatic heterocycles. The molecule has 1 aromatic carbocycles. The molecule has 4 heteroatoms. The predicted molar refractivity (Wildman–Crippen MR) is 75.6 cm³/mol. The first-order chi connectivity index (χ1) is 8.67. The SMILES string of the molecule is C#CC(CCC)NCC(=O)Nc1ccccc1Cl. The molecule has 3 nitrogen and oxygen atoms in total. The number of rotatable bonds is 6. The van der Waals surface area contributed by atoms with Crippen LogP contribution in [0.3, 0.4) is 0 Å². The third-order valence-corrected chi connectivity index (χ3v) is 2.77. The van der Waals surface area contributed by atoms with Gasteiger partial charge in [-0.25, -0.2) is 0 Å². The lowest BCUT2D eigenvalue weighted by Crippen LogP contribution is -2.35. The van der Waals surface area contributed by atoms with E-state index in [1.165, 1.54) is 0 Å². The van der Waals surface area contributed by atoms with Crippen LogP contribution < -0.4 is 10.6 Å². The lowest BCUT2D eigenvalue weighted by Gasteiger charge is -2.12. The summed E-state index contributed by atoms with van der Waals surface area (Å²) in [4.78, 5) is 11.7. The van der Waals surface area contributed by atoms with Crippen LogP contribution in [-0.4, -0.2) is 18.5 Å². The zero-order valence-corrected chi connectivity index (χ0v) is 11.1. The fourth-order valence-electron chi connectivity index (χ4n) is 1.51. The van der Waals surface area contributed by atoms with Crippen LogP contribution in [0.15, 0.2) is 24.3 Å². The summed E-state index contributed by atoms with van der Waals surface area (Å²) in [5, 5.41) is 6.27. The second-order valence-corrected chi connectivity index (χ2v) is 4.32. The number of nitrogens with one attached hydrogen (secondary N) is 2. The summed E-state index contributed by atoms with van der Waals surface area (Å²) >= 11 is 5.94. The Balaban J connectivity index is 2.43. The average molecular weight is 265 g/mol. The number of amides is 1. The van der Waals surface area contributed by atoms with Crippen LogP contribution in [-0.2, 0) is 4.79 Å². The monoisotopic (exact) mass is 264 g/mol. The van der Waals surface area contributed by atoms with Crippen molar-refractivity contribution in [1.29, 1.82) is 0 Å². The topological polar surface area (TPSA) is 41.1 Å². The minimum Gasteiger partial charge on any atom is -0.324 e. The number of hydrogen-bond acceptors (Lipinski definition) is 2. The molecule has 0 spiro atoms. The minimum atomic E-state index is -0.153. The molecule has 0 saturated heterocycles. The molecular weight excluding hydrogens is 248 g/mol. The van der Waals surface area contributed by atoms with Crippen LogP contribution in [0.2, 0.25) is 5.02 Å². The Hall–Kier alpha value is -1.50. The van der Waals surface area contributed by atoms with E-state index in [0.717, 1.165) is 12.8 Å². The Morgan fingerprint density at radius 3 is 2.83 bits per heavy atom. The van der Waals surface area contributed by atoms with Gasteiger partial charge in [-0.3, -0.25) is 10.1 Å². The Morgan fingerprint density at radius 1 is 1.50 bits per heavy atom. The summed E-state index contributed by atoms with van der Waals surface area (Å²) in [6, 6.07) is 7.05. The first kappa shape index (κ1) is 14.6. The van der Waals surface area contributed by atoms with Crippen molar-refractivity contribution >= 4 is 23.2 Å². The van der Waals surface area contributed by atoms with E-state index in [2.05, 4.69) is 23.5 Å². The highest BCUT2D eigenvalue weighted by molar-refractivity contribution is 6.33. The van der Waals surface area contributed by atoms with E-state index in [0.29, 0.717) is 10.7 Å². The zero-order chi connectivity index (χ0) is 13.4. The van der Waals surface area contributed by atoms with Gasteiger partial charge in [0.15, 0.2) is 0 Å². The van der Waals surface area contributed by atoms with E-state index in [9.17, 15) is 4.79 Å². The Bertz CT molecular complexity index is 440. The van der Waals surface area contributed by atoms with Crippen molar-refractivity contribution in [2.24, 2.45) is 0 Å². The van der Waals surface area contributed by atoms with Gasteiger partial charge in [0.2, 0.25) is 5.91 Å². The fraction of sp³-hybridized carbons (Fsp3) is 0.357. The summed E-state index contributed by atoms with van der Waals surface area (Å²) in [7, 11) is 0. The van der Waals surface area contributed by atoms with Gasteiger partial charge in [0, 0.05) is 0 Å². The minimum absolute atomic E-state index is 0.0630. The zero-order valence-electron chi connectivity index (χ0n) is 10.4. The maximum Gasteiger partial charge on any atom is 0.238 e. The van der Waals surface area contributed by atoms with Crippen molar-refractivity contribution in [3.8, 4) is 12.3 Å². The maximum atomic E-state index is 11.7. The van der Waals surface area contributed by atoms with Gasteiger partial charge in [-0.2, -0.15) is 0 Å². The van der Waals surface area contributed by atoms with Crippen molar-refractivity contribution in [2.45, 2.75) is 25.8 Å². The van der Waals surface area contributed by atoms with Crippen LogP contribution in [0.5, 0.6) is 0 Å². The average Bonchev–Trinajstić information content (AvgIpc) is 2.37. The predicted octanol–water partition coefficient (Wildman–Crippen LogP) is 2.67. The second-order valence-electron chi connectivity index (χ2n) is 3.92. The summed E-state index contributed by atoms with van der Waals surface area (Å²) in [6.07, 6.45) is 7.19. The number of para-hydroxylation sites is 1. The molecule has 0 heterocycles. The number of carbonyl (C=O) groups excluding carboxylic acids is 1. The molecule has 0 aliphatic rings. The summed E-state index contributed by atoms with van der Waals surface area (Å²) in [5.74, 6) is 2.46. The van der Waals surface area contributed by atoms with Crippen LogP contribution in [0.4, 0.5) is 5.69 Å². The van der Waals surface area contributed by atoms with Gasteiger partial charge in [-0.15, -0.1) is 6.42 Å². The van der Waals surface area contributed by atoms with Crippen molar-refractivity contribution < 1.29 is 4.79 Å². The number of hydrogen-bond donors (Lipinski definition) is 2. The van der Waals surface area contributed by atoms with Crippen molar-refractivity contribution in [2.75, 3.05) is 11.9 Å². The number of halogens is 1. The molecule has 1 rings (SSSR count). The molecule has 0 fully saturated rings. The van der Waals surface area contributed by atoms with E-state index in [-0.39, 0.29) is 18.5 Å². The van der Waals surface area contributed by atoms with Crippen molar-refractivity contribution in [3.63, 3.8) is 0 Å². The molecule has 0 aliphatic heterocycles. The third-order valence-electron chi connectivity index (χ3n) is 2.44. The maximum absolute atomic E-state index is 11.7. The molecule has 1 amide bonds. The Labute approximate surface area is 113 Å². The molecule has 1 unspecified atom stereocenters. The Kier molecular flexibility index (Phi) is 6.27. The lowest BCUT2D eigenvalue weighted by atomic mass is 10.2. The van der Waals surface area contributed by atoms with Crippen LogP contribution in [0, 0.1) is 12.3 Å². The standard InChI is InChI=1S/C14H17ClN2O/c1-3-7-11(4-2)16-10-14(18)17-13-9-6-5-8-12(13)15/h2,5-6,8-9,11,16H,3,7,10H2,1H3,(H,17,18). The lowest BCUT2D eigenvalue weighted by molar-refractivity contribution is -0.115. The van der Waals surface area contributed by atoms with Crippen molar-refractivity contribution in [1.82, 2.24) is 5.32 Å². The summed E-state index contributed by atoms with van der Waals surface area (Å²) < 4.78 is 0. The van der Waals surface area contributed by atoms with Crippen LogP contribution in [0.25, 0.3) is 0 Å². The highest BCUT2D eigenvalue weighted by Crippen LogP contribution is 2.19. The number of anilines is 1. The van der Waals surface area contributed by atoms with Gasteiger partial charge in [-0.05, 0) is 18.6 Å². The van der Waals surface area contributed by atoms with E-state index < -0.39 is 0 Å². The fourth-order valence-corrected chi connectivity index (χ4v) is 1.69. The largest absolute Gasteiger partial charge is 0.324 e. The van der Waals surface area contributed by atoms with E-state index >= 15 is 0 Å². The van der Waals surface area contributed by atoms with Crippen LogP contribution in [0.1, 0.15) is 19.8 Å². The molecule has 2 N–H and O–H groups in total. The molecule has 18 heavy (non-hydrogen) atoms. The van der Waals surface area contributed by atoms with Gasteiger partial charge in [0.25, 0.3) is 0 Å². The quantitative estimate of drug-likeness (QED) is 0.776. The molecule has 1 aromatic rings. The van der Waals surface area contributed by atoms with Gasteiger partial charge in [0.1, 0.15) is 0 Å². The first-order valence-corrected chi connectivity index (χ1v) is 6.29. The van der Waals surface area contributed by atoms with E-state index in [4.69, 9.17) is 18.0 Å². The third kappa shape index (κ3) is 4.79. The molecule has 0 saturated carbocycles. The van der Waals surface area contributed by atoms with Gasteiger partial charge in [0.05, 0.1) is 23.3 Å². The second kappa shape index (κ2) is 7.75. The first-order valence-electron chi connectivity index (χ1n) is 5.91.